The minimum atomic E-state index is 0.658. The van der Waals surface area contributed by atoms with Gasteiger partial charge in [0.05, 0.1) is 0 Å². The van der Waals surface area contributed by atoms with Crippen LogP contribution in [0.3, 0.4) is 0 Å². The molecule has 0 atom stereocenters. The molecule has 0 unspecified atom stereocenters. The van der Waals surface area contributed by atoms with Crippen LogP contribution < -0.4 is 4.74 Å². The smallest absolute Gasteiger partial charge is 0.119 e. The summed E-state index contributed by atoms with van der Waals surface area (Å²) < 4.78 is 5.50. The van der Waals surface area contributed by atoms with Gasteiger partial charge in [-0.25, -0.2) is 0 Å². The molecule has 0 saturated carbocycles. The van der Waals surface area contributed by atoms with Crippen LogP contribution in [-0.4, -0.2) is 6.61 Å². The first kappa shape index (κ1) is 9.85. The van der Waals surface area contributed by atoms with E-state index in [0.717, 1.165) is 5.75 Å². The molecule has 0 fully saturated rings. The number of benzene rings is 1. The van der Waals surface area contributed by atoms with Crippen LogP contribution in [0.1, 0.15) is 19.4 Å². The summed E-state index contributed by atoms with van der Waals surface area (Å²) in [7, 11) is 0. The first-order valence-corrected chi connectivity index (χ1v) is 4.51. The van der Waals surface area contributed by atoms with Crippen molar-refractivity contribution in [2.75, 3.05) is 6.61 Å². The van der Waals surface area contributed by atoms with E-state index in [9.17, 15) is 0 Å². The Bertz CT molecular complexity index is 278. The maximum Gasteiger partial charge on any atom is 0.119 e. The Morgan fingerprint density at radius 3 is 2.38 bits per heavy atom. The Kier molecular flexibility index (Phi) is 3.56. The SMILES string of the molecule is CC(C)=CCOc1ccc(C)cc1. The van der Waals surface area contributed by atoms with Gasteiger partial charge in [0.25, 0.3) is 0 Å². The summed E-state index contributed by atoms with van der Waals surface area (Å²) in [5.74, 6) is 0.933. The van der Waals surface area contributed by atoms with Gasteiger partial charge in [0, 0.05) is 0 Å². The van der Waals surface area contributed by atoms with Gasteiger partial charge < -0.3 is 4.74 Å². The van der Waals surface area contributed by atoms with Crippen LogP contribution in [0, 0.1) is 6.92 Å². The largest absolute Gasteiger partial charge is 0.490 e. The van der Waals surface area contributed by atoms with E-state index in [4.69, 9.17) is 4.74 Å². The Morgan fingerprint density at radius 1 is 1.23 bits per heavy atom. The molecular formula is C12H16O. The molecule has 1 rings (SSSR count). The Morgan fingerprint density at radius 2 is 1.85 bits per heavy atom. The van der Waals surface area contributed by atoms with E-state index in [1.807, 2.05) is 12.1 Å². The fourth-order valence-electron chi connectivity index (χ4n) is 0.939. The number of hydrogen-bond donors (Lipinski definition) is 0. The Labute approximate surface area is 80.0 Å². The Hall–Kier alpha value is -1.24. The highest BCUT2D eigenvalue weighted by atomic mass is 16.5. The zero-order valence-electron chi connectivity index (χ0n) is 8.50. The maximum absolute atomic E-state index is 5.50. The molecule has 0 aliphatic carbocycles. The summed E-state index contributed by atoms with van der Waals surface area (Å²) in [6.07, 6.45) is 2.07. The highest BCUT2D eigenvalue weighted by Gasteiger charge is 1.90. The van der Waals surface area contributed by atoms with E-state index in [1.165, 1.54) is 11.1 Å². The fraction of sp³-hybridized carbons (Fsp3) is 0.333. The third kappa shape index (κ3) is 3.79. The zero-order chi connectivity index (χ0) is 9.68. The van der Waals surface area contributed by atoms with Crippen LogP contribution in [0.4, 0.5) is 0 Å². The highest BCUT2D eigenvalue weighted by Crippen LogP contribution is 2.11. The van der Waals surface area contributed by atoms with E-state index in [1.54, 1.807) is 0 Å². The molecule has 0 N–H and O–H groups in total. The topological polar surface area (TPSA) is 9.23 Å². The van der Waals surface area contributed by atoms with Crippen LogP contribution in [0.2, 0.25) is 0 Å². The van der Waals surface area contributed by atoms with Crippen molar-refractivity contribution in [1.29, 1.82) is 0 Å². The van der Waals surface area contributed by atoms with Gasteiger partial charge in [-0.2, -0.15) is 0 Å². The van der Waals surface area contributed by atoms with E-state index in [-0.39, 0.29) is 0 Å². The van der Waals surface area contributed by atoms with Crippen LogP contribution in [0.25, 0.3) is 0 Å². The van der Waals surface area contributed by atoms with Crippen LogP contribution in [0.5, 0.6) is 5.75 Å². The van der Waals surface area contributed by atoms with Crippen LogP contribution >= 0.6 is 0 Å². The predicted molar refractivity (Wildman–Crippen MR) is 56.1 cm³/mol. The lowest BCUT2D eigenvalue weighted by molar-refractivity contribution is 0.362. The van der Waals surface area contributed by atoms with Gasteiger partial charge in [-0.3, -0.25) is 0 Å². The van der Waals surface area contributed by atoms with Crippen molar-refractivity contribution in [2.24, 2.45) is 0 Å². The van der Waals surface area contributed by atoms with Gasteiger partial charge in [-0.15, -0.1) is 0 Å². The lowest BCUT2D eigenvalue weighted by atomic mass is 10.2. The molecule has 0 aliphatic rings. The van der Waals surface area contributed by atoms with Gasteiger partial charge >= 0.3 is 0 Å². The van der Waals surface area contributed by atoms with Crippen molar-refractivity contribution in [1.82, 2.24) is 0 Å². The molecular weight excluding hydrogens is 160 g/mol. The summed E-state index contributed by atoms with van der Waals surface area (Å²) in [5, 5.41) is 0. The molecule has 0 saturated heterocycles. The number of rotatable bonds is 3. The molecule has 0 radical (unpaired) electrons. The van der Waals surface area contributed by atoms with Gasteiger partial charge in [-0.1, -0.05) is 23.3 Å². The molecule has 1 aromatic rings. The molecule has 13 heavy (non-hydrogen) atoms. The molecule has 1 nitrogen and oxygen atoms in total. The zero-order valence-corrected chi connectivity index (χ0v) is 8.50. The summed E-state index contributed by atoms with van der Waals surface area (Å²) in [6.45, 7) is 6.86. The van der Waals surface area contributed by atoms with Crippen molar-refractivity contribution in [3.8, 4) is 5.75 Å². The summed E-state index contributed by atoms with van der Waals surface area (Å²) >= 11 is 0. The van der Waals surface area contributed by atoms with Crippen molar-refractivity contribution in [3.63, 3.8) is 0 Å². The molecule has 1 aromatic carbocycles. The second kappa shape index (κ2) is 4.70. The van der Waals surface area contributed by atoms with E-state index < -0.39 is 0 Å². The van der Waals surface area contributed by atoms with Gasteiger partial charge in [0.15, 0.2) is 0 Å². The fourth-order valence-corrected chi connectivity index (χ4v) is 0.939. The number of aryl methyl sites for hydroxylation is 1. The summed E-state index contributed by atoms with van der Waals surface area (Å²) in [4.78, 5) is 0. The van der Waals surface area contributed by atoms with Crippen LogP contribution in [-0.2, 0) is 0 Å². The number of hydrogen-bond acceptors (Lipinski definition) is 1. The number of allylic oxidation sites excluding steroid dienone is 1. The van der Waals surface area contributed by atoms with Crippen molar-refractivity contribution in [2.45, 2.75) is 20.8 Å². The minimum Gasteiger partial charge on any atom is -0.490 e. The molecule has 0 aliphatic heterocycles. The monoisotopic (exact) mass is 176 g/mol. The van der Waals surface area contributed by atoms with Gasteiger partial charge in [-0.05, 0) is 39.0 Å². The van der Waals surface area contributed by atoms with Crippen molar-refractivity contribution >= 4 is 0 Å². The Balaban J connectivity index is 2.46. The quantitative estimate of drug-likeness (QED) is 0.642. The average molecular weight is 176 g/mol. The first-order valence-electron chi connectivity index (χ1n) is 4.51. The normalized spacial score (nSPS) is 9.46. The summed E-state index contributed by atoms with van der Waals surface area (Å²) in [5.41, 5.74) is 2.54. The van der Waals surface area contributed by atoms with E-state index >= 15 is 0 Å². The third-order valence-electron chi connectivity index (χ3n) is 1.76. The first-order chi connectivity index (χ1) is 6.18. The van der Waals surface area contributed by atoms with Crippen LogP contribution in [0.15, 0.2) is 35.9 Å². The molecule has 1 heteroatoms. The molecule has 0 heterocycles. The van der Waals surface area contributed by atoms with Crippen molar-refractivity contribution in [3.05, 3.63) is 41.5 Å². The highest BCUT2D eigenvalue weighted by molar-refractivity contribution is 5.26. The second-order valence-corrected chi connectivity index (χ2v) is 3.41. The summed E-state index contributed by atoms with van der Waals surface area (Å²) in [6, 6.07) is 8.10. The lowest BCUT2D eigenvalue weighted by Gasteiger charge is -2.03. The second-order valence-electron chi connectivity index (χ2n) is 3.41. The molecule has 0 amide bonds. The molecule has 0 aromatic heterocycles. The number of ether oxygens (including phenoxy) is 1. The van der Waals surface area contributed by atoms with Crippen molar-refractivity contribution < 1.29 is 4.74 Å². The molecule has 0 spiro atoms. The third-order valence-corrected chi connectivity index (χ3v) is 1.76. The maximum atomic E-state index is 5.50. The average Bonchev–Trinajstić information content (AvgIpc) is 2.08. The predicted octanol–water partition coefficient (Wildman–Crippen LogP) is 3.34. The van der Waals surface area contributed by atoms with E-state index in [0.29, 0.717) is 6.61 Å². The standard InChI is InChI=1S/C12H16O/c1-10(2)8-9-13-12-6-4-11(3)5-7-12/h4-8H,9H2,1-3H3. The lowest BCUT2D eigenvalue weighted by Crippen LogP contribution is -1.93. The van der Waals surface area contributed by atoms with Gasteiger partial charge in [0.2, 0.25) is 0 Å². The molecule has 70 valence electrons. The van der Waals surface area contributed by atoms with E-state index in [2.05, 4.69) is 39.0 Å². The van der Waals surface area contributed by atoms with Gasteiger partial charge in [0.1, 0.15) is 12.4 Å². The minimum absolute atomic E-state index is 0.658. The molecule has 0 bridgehead atoms.